The van der Waals surface area contributed by atoms with Crippen LogP contribution in [0.25, 0.3) is 0 Å². The quantitative estimate of drug-likeness (QED) is 0.533. The molecule has 164 valence electrons. The van der Waals surface area contributed by atoms with Gasteiger partial charge in [0.1, 0.15) is 0 Å². The minimum Gasteiger partial charge on any atom is -0.267 e. The Bertz CT molecular complexity index is 1110. The van der Waals surface area contributed by atoms with Crippen molar-refractivity contribution in [3.8, 4) is 0 Å². The summed E-state index contributed by atoms with van der Waals surface area (Å²) in [5.74, 6) is -0.996. The summed E-state index contributed by atoms with van der Waals surface area (Å²) in [4.78, 5) is 34.8. The first-order valence-electron chi connectivity index (χ1n) is 9.64. The largest absolute Gasteiger partial charge is 0.270 e. The molecule has 3 rings (SSSR count). The number of benzene rings is 2. The maximum atomic E-state index is 12.9. The smallest absolute Gasteiger partial charge is 0.267 e. The lowest BCUT2D eigenvalue weighted by Gasteiger charge is -2.29. The fraction of sp³-hybridized carbons (Fsp3) is 0.300. The molecule has 0 aromatic heterocycles. The van der Waals surface area contributed by atoms with Gasteiger partial charge in [0.2, 0.25) is 10.0 Å². The highest BCUT2D eigenvalue weighted by atomic mass is 32.2. The SMILES string of the molecule is CC1CCN(S(=O)(=O)c2cccc(C(=O)NNC(=O)c3cccc([N+](=O)[O-])c3)c2)CC1. The summed E-state index contributed by atoms with van der Waals surface area (Å²) in [5, 5.41) is 10.8. The fourth-order valence-electron chi connectivity index (χ4n) is 3.19. The van der Waals surface area contributed by atoms with Crippen LogP contribution in [0.3, 0.4) is 0 Å². The minimum absolute atomic E-state index is 0.000265. The Labute approximate surface area is 179 Å². The molecule has 2 aromatic carbocycles. The average Bonchev–Trinajstić information content (AvgIpc) is 2.77. The zero-order valence-corrected chi connectivity index (χ0v) is 17.6. The van der Waals surface area contributed by atoms with Gasteiger partial charge >= 0.3 is 0 Å². The summed E-state index contributed by atoms with van der Waals surface area (Å²) in [6, 6.07) is 10.6. The molecule has 1 heterocycles. The third-order valence-corrected chi connectivity index (χ3v) is 6.98. The molecule has 31 heavy (non-hydrogen) atoms. The third-order valence-electron chi connectivity index (χ3n) is 5.09. The monoisotopic (exact) mass is 446 g/mol. The number of sulfonamides is 1. The number of piperidine rings is 1. The van der Waals surface area contributed by atoms with Crippen molar-refractivity contribution in [2.45, 2.75) is 24.7 Å². The molecular formula is C20H22N4O6S. The van der Waals surface area contributed by atoms with Crippen LogP contribution in [0.15, 0.2) is 53.4 Å². The predicted molar refractivity (Wildman–Crippen MR) is 112 cm³/mol. The van der Waals surface area contributed by atoms with E-state index in [0.29, 0.717) is 19.0 Å². The summed E-state index contributed by atoms with van der Waals surface area (Å²) in [6.07, 6.45) is 1.56. The zero-order chi connectivity index (χ0) is 22.6. The lowest BCUT2D eigenvalue weighted by molar-refractivity contribution is -0.384. The number of nitro groups is 1. The van der Waals surface area contributed by atoms with Crippen molar-refractivity contribution in [1.82, 2.24) is 15.2 Å². The highest BCUT2D eigenvalue weighted by molar-refractivity contribution is 7.89. The molecule has 0 radical (unpaired) electrons. The molecule has 10 nitrogen and oxygen atoms in total. The standard InChI is InChI=1S/C20H22N4O6S/c1-14-8-10-23(11-9-14)31(29,30)18-7-3-5-16(13-18)20(26)22-21-19(25)15-4-2-6-17(12-15)24(27)28/h2-7,12-14H,8-11H2,1H3,(H,21,25)(H,22,26). The molecule has 0 atom stereocenters. The normalized spacial score (nSPS) is 15.3. The number of hydrogen-bond acceptors (Lipinski definition) is 6. The first-order valence-corrected chi connectivity index (χ1v) is 11.1. The molecule has 2 amide bonds. The topological polar surface area (TPSA) is 139 Å². The molecule has 1 aliphatic heterocycles. The summed E-state index contributed by atoms with van der Waals surface area (Å²) in [6.45, 7) is 2.94. The maximum absolute atomic E-state index is 12.9. The summed E-state index contributed by atoms with van der Waals surface area (Å²) in [5.41, 5.74) is 4.14. The van der Waals surface area contributed by atoms with Crippen LogP contribution in [-0.2, 0) is 10.0 Å². The van der Waals surface area contributed by atoms with Crippen molar-refractivity contribution in [2.24, 2.45) is 5.92 Å². The van der Waals surface area contributed by atoms with Gasteiger partial charge in [-0.05, 0) is 43.0 Å². The molecule has 0 aliphatic carbocycles. The lowest BCUT2D eigenvalue weighted by Crippen LogP contribution is -2.41. The Morgan fingerprint density at radius 3 is 2.13 bits per heavy atom. The number of carbonyl (C=O) groups excluding carboxylic acids is 2. The van der Waals surface area contributed by atoms with Crippen LogP contribution in [0, 0.1) is 16.0 Å². The van der Waals surface area contributed by atoms with Crippen molar-refractivity contribution in [1.29, 1.82) is 0 Å². The van der Waals surface area contributed by atoms with Crippen LogP contribution in [0.4, 0.5) is 5.69 Å². The van der Waals surface area contributed by atoms with E-state index < -0.39 is 26.8 Å². The second-order valence-corrected chi connectivity index (χ2v) is 9.27. The number of amides is 2. The van der Waals surface area contributed by atoms with Gasteiger partial charge in [-0.25, -0.2) is 8.42 Å². The van der Waals surface area contributed by atoms with Crippen molar-refractivity contribution < 1.29 is 22.9 Å². The Balaban J connectivity index is 1.68. The van der Waals surface area contributed by atoms with Gasteiger partial charge in [-0.2, -0.15) is 4.31 Å². The number of nitrogens with zero attached hydrogens (tertiary/aromatic N) is 2. The molecule has 0 saturated carbocycles. The first kappa shape index (κ1) is 22.4. The average molecular weight is 446 g/mol. The van der Waals surface area contributed by atoms with Crippen LogP contribution >= 0.6 is 0 Å². The Morgan fingerprint density at radius 1 is 1.00 bits per heavy atom. The van der Waals surface area contributed by atoms with Crippen LogP contribution in [0.1, 0.15) is 40.5 Å². The highest BCUT2D eigenvalue weighted by Crippen LogP contribution is 2.24. The molecule has 0 bridgehead atoms. The molecule has 1 fully saturated rings. The second kappa shape index (κ2) is 9.23. The minimum atomic E-state index is -3.73. The van der Waals surface area contributed by atoms with E-state index in [1.165, 1.54) is 46.8 Å². The molecular weight excluding hydrogens is 424 g/mol. The third kappa shape index (κ3) is 5.25. The van der Waals surface area contributed by atoms with Gasteiger partial charge in [0.15, 0.2) is 0 Å². The Kier molecular flexibility index (Phi) is 6.66. The van der Waals surface area contributed by atoms with Gasteiger partial charge in [-0.3, -0.25) is 30.6 Å². The lowest BCUT2D eigenvalue weighted by atomic mass is 10.0. The molecule has 2 N–H and O–H groups in total. The predicted octanol–water partition coefficient (Wildman–Crippen LogP) is 2.09. The summed E-state index contributed by atoms with van der Waals surface area (Å²) < 4.78 is 27.2. The van der Waals surface area contributed by atoms with E-state index in [-0.39, 0.29) is 21.7 Å². The Hall–Kier alpha value is -3.31. The van der Waals surface area contributed by atoms with E-state index in [1.54, 1.807) is 0 Å². The van der Waals surface area contributed by atoms with Crippen molar-refractivity contribution >= 4 is 27.5 Å². The van der Waals surface area contributed by atoms with E-state index in [4.69, 9.17) is 0 Å². The molecule has 1 aliphatic rings. The van der Waals surface area contributed by atoms with Crippen molar-refractivity contribution in [2.75, 3.05) is 13.1 Å². The van der Waals surface area contributed by atoms with Crippen LogP contribution in [0.5, 0.6) is 0 Å². The highest BCUT2D eigenvalue weighted by Gasteiger charge is 2.28. The molecule has 0 unspecified atom stereocenters. The van der Waals surface area contributed by atoms with Gasteiger partial charge in [-0.1, -0.05) is 19.1 Å². The first-order chi connectivity index (χ1) is 14.7. The maximum Gasteiger partial charge on any atom is 0.270 e. The van der Waals surface area contributed by atoms with Crippen LogP contribution in [-0.4, -0.2) is 42.6 Å². The molecule has 1 saturated heterocycles. The number of non-ortho nitro benzene ring substituents is 1. The van der Waals surface area contributed by atoms with Crippen LogP contribution < -0.4 is 10.9 Å². The van der Waals surface area contributed by atoms with Crippen molar-refractivity contribution in [3.63, 3.8) is 0 Å². The fourth-order valence-corrected chi connectivity index (χ4v) is 4.71. The van der Waals surface area contributed by atoms with Crippen molar-refractivity contribution in [3.05, 3.63) is 69.8 Å². The number of nitro benzene ring substituents is 1. The van der Waals surface area contributed by atoms with E-state index in [9.17, 15) is 28.1 Å². The van der Waals surface area contributed by atoms with E-state index >= 15 is 0 Å². The van der Waals surface area contributed by atoms with Gasteiger partial charge in [0.25, 0.3) is 17.5 Å². The van der Waals surface area contributed by atoms with Gasteiger partial charge in [0, 0.05) is 36.3 Å². The molecule has 11 heteroatoms. The molecule has 2 aromatic rings. The summed E-state index contributed by atoms with van der Waals surface area (Å²) in [7, 11) is -3.73. The zero-order valence-electron chi connectivity index (χ0n) is 16.8. The summed E-state index contributed by atoms with van der Waals surface area (Å²) >= 11 is 0. The number of carbonyl (C=O) groups is 2. The number of hydrazine groups is 1. The second-order valence-electron chi connectivity index (χ2n) is 7.33. The van der Waals surface area contributed by atoms with Gasteiger partial charge in [0.05, 0.1) is 9.82 Å². The number of hydrogen-bond donors (Lipinski definition) is 2. The van der Waals surface area contributed by atoms with Gasteiger partial charge < -0.3 is 0 Å². The molecule has 0 spiro atoms. The Morgan fingerprint density at radius 2 is 1.55 bits per heavy atom. The van der Waals surface area contributed by atoms with Crippen LogP contribution in [0.2, 0.25) is 0 Å². The van der Waals surface area contributed by atoms with E-state index in [0.717, 1.165) is 18.9 Å². The number of rotatable bonds is 5. The number of nitrogens with one attached hydrogen (secondary N) is 2. The van der Waals surface area contributed by atoms with E-state index in [1.807, 2.05) is 0 Å². The van der Waals surface area contributed by atoms with Gasteiger partial charge in [-0.15, -0.1) is 0 Å². The van der Waals surface area contributed by atoms with E-state index in [2.05, 4.69) is 17.8 Å².